The first-order chi connectivity index (χ1) is 18.3. The van der Waals surface area contributed by atoms with E-state index >= 15 is 0 Å². The Bertz CT molecular complexity index is 1390. The third kappa shape index (κ3) is 6.38. The number of carbonyl (C=O) groups excluding carboxylic acids is 1. The number of aromatic carboxylic acids is 1. The molecule has 3 aromatic carbocycles. The van der Waals surface area contributed by atoms with Gasteiger partial charge in [-0.25, -0.2) is 9.79 Å². The second-order valence-corrected chi connectivity index (χ2v) is 10.0. The number of rotatable bonds is 9. The highest BCUT2D eigenvalue weighted by atomic mass is 35.5. The van der Waals surface area contributed by atoms with Crippen LogP contribution in [0.3, 0.4) is 0 Å². The molecule has 1 amide bonds. The molecule has 3 aromatic rings. The van der Waals surface area contributed by atoms with Gasteiger partial charge in [-0.05, 0) is 78.7 Å². The zero-order chi connectivity index (χ0) is 27.2. The number of hydrogen-bond acceptors (Lipinski definition) is 6. The van der Waals surface area contributed by atoms with E-state index in [9.17, 15) is 14.7 Å². The smallest absolute Gasteiger partial charge is 0.335 e. The molecule has 0 aromatic heterocycles. The average Bonchev–Trinajstić information content (AvgIpc) is 3.19. The number of carbonyl (C=O) groups is 2. The first-order valence-corrected chi connectivity index (χ1v) is 13.2. The maximum atomic E-state index is 13.6. The number of nitrogens with zero attached hydrogens (tertiary/aromatic N) is 2. The third-order valence-electron chi connectivity index (χ3n) is 5.85. The van der Waals surface area contributed by atoms with Gasteiger partial charge in [0.15, 0.2) is 16.7 Å². The summed E-state index contributed by atoms with van der Waals surface area (Å²) < 4.78 is 11.5. The van der Waals surface area contributed by atoms with Crippen molar-refractivity contribution in [1.82, 2.24) is 4.90 Å². The first-order valence-electron chi connectivity index (χ1n) is 12.0. The van der Waals surface area contributed by atoms with Crippen LogP contribution in [0.25, 0.3) is 6.08 Å². The van der Waals surface area contributed by atoms with E-state index in [2.05, 4.69) is 0 Å². The molecule has 196 valence electrons. The van der Waals surface area contributed by atoms with Crippen molar-refractivity contribution >= 4 is 52.2 Å². The van der Waals surface area contributed by atoms with Crippen LogP contribution < -0.4 is 9.47 Å². The van der Waals surface area contributed by atoms with E-state index in [1.165, 1.54) is 23.9 Å². The summed E-state index contributed by atoms with van der Waals surface area (Å²) in [6.07, 6.45) is 2.53. The van der Waals surface area contributed by atoms with Crippen molar-refractivity contribution in [3.05, 3.63) is 93.3 Å². The van der Waals surface area contributed by atoms with Crippen molar-refractivity contribution in [3.8, 4) is 11.5 Å². The number of ether oxygens (including phenoxy) is 2. The van der Waals surface area contributed by atoms with Gasteiger partial charge >= 0.3 is 5.97 Å². The maximum absolute atomic E-state index is 13.6. The second-order valence-electron chi connectivity index (χ2n) is 8.60. The Balaban J connectivity index is 1.68. The largest absolute Gasteiger partial charge is 0.493 e. The van der Waals surface area contributed by atoms with Crippen LogP contribution in [0.5, 0.6) is 11.5 Å². The number of thioether (sulfide) groups is 1. The van der Waals surface area contributed by atoms with Crippen LogP contribution >= 0.6 is 23.4 Å². The fourth-order valence-electron chi connectivity index (χ4n) is 3.65. The van der Waals surface area contributed by atoms with E-state index < -0.39 is 5.97 Å². The van der Waals surface area contributed by atoms with Gasteiger partial charge < -0.3 is 14.6 Å². The Morgan fingerprint density at radius 2 is 1.87 bits per heavy atom. The van der Waals surface area contributed by atoms with Crippen LogP contribution in [0, 0.1) is 0 Å². The van der Waals surface area contributed by atoms with Crippen LogP contribution in [-0.4, -0.2) is 40.3 Å². The molecule has 1 aliphatic rings. The molecule has 0 saturated carbocycles. The summed E-state index contributed by atoms with van der Waals surface area (Å²) in [7, 11) is 1.55. The number of benzene rings is 3. The summed E-state index contributed by atoms with van der Waals surface area (Å²) in [5.74, 6) is -0.278. The number of amidine groups is 1. The summed E-state index contributed by atoms with van der Waals surface area (Å²) in [6, 6.07) is 19.3. The molecule has 0 radical (unpaired) electrons. The molecule has 0 bridgehead atoms. The quantitative estimate of drug-likeness (QED) is 0.288. The molecule has 1 atom stereocenters. The minimum atomic E-state index is -1.00. The van der Waals surface area contributed by atoms with Crippen molar-refractivity contribution in [3.63, 3.8) is 0 Å². The molecule has 1 heterocycles. The number of carboxylic acid groups (broad SMARTS) is 1. The lowest BCUT2D eigenvalue weighted by Gasteiger charge is -2.17. The summed E-state index contributed by atoms with van der Waals surface area (Å²) in [6.45, 7) is 4.21. The maximum Gasteiger partial charge on any atom is 0.335 e. The van der Waals surface area contributed by atoms with E-state index in [1.54, 1.807) is 42.4 Å². The molecule has 0 spiro atoms. The van der Waals surface area contributed by atoms with E-state index in [0.29, 0.717) is 37.8 Å². The normalized spacial score (nSPS) is 16.2. The van der Waals surface area contributed by atoms with Crippen molar-refractivity contribution in [2.75, 3.05) is 7.11 Å². The van der Waals surface area contributed by atoms with Crippen molar-refractivity contribution < 1.29 is 24.2 Å². The molecule has 0 aliphatic carbocycles. The fraction of sp³-hybridized carbons (Fsp3) is 0.207. The highest BCUT2D eigenvalue weighted by molar-refractivity contribution is 8.18. The van der Waals surface area contributed by atoms with Gasteiger partial charge in [-0.3, -0.25) is 9.69 Å². The minimum Gasteiger partial charge on any atom is -0.493 e. The molecule has 9 heteroatoms. The average molecular weight is 551 g/mol. The van der Waals surface area contributed by atoms with Crippen LogP contribution in [-0.2, 0) is 11.3 Å². The topological polar surface area (TPSA) is 88.4 Å². The molecule has 38 heavy (non-hydrogen) atoms. The molecule has 0 unspecified atom stereocenters. The van der Waals surface area contributed by atoms with E-state index in [-0.39, 0.29) is 24.1 Å². The summed E-state index contributed by atoms with van der Waals surface area (Å²) in [5.41, 5.74) is 2.36. The third-order valence-corrected chi connectivity index (χ3v) is 7.14. The van der Waals surface area contributed by atoms with Crippen LogP contribution in [0.4, 0.5) is 5.69 Å². The Morgan fingerprint density at radius 1 is 1.16 bits per heavy atom. The van der Waals surface area contributed by atoms with Gasteiger partial charge in [-0.15, -0.1) is 0 Å². The van der Waals surface area contributed by atoms with Crippen molar-refractivity contribution in [2.45, 2.75) is 32.9 Å². The molecule has 1 N–H and O–H groups in total. The minimum absolute atomic E-state index is 0.0348. The summed E-state index contributed by atoms with van der Waals surface area (Å²) in [5, 5.41) is 10.1. The molecule has 1 saturated heterocycles. The first kappa shape index (κ1) is 27.3. The Hall–Kier alpha value is -3.75. The van der Waals surface area contributed by atoms with E-state index in [1.807, 2.05) is 44.2 Å². The Kier molecular flexibility index (Phi) is 8.76. The highest BCUT2D eigenvalue weighted by Gasteiger charge is 2.33. The zero-order valence-electron chi connectivity index (χ0n) is 21.2. The lowest BCUT2D eigenvalue weighted by Crippen LogP contribution is -2.28. The SMILES string of the molecule is CC[C@H](C)Oc1c(Cl)cc(/C=C2\SC(=Nc3ccccc3)N(Cc3ccc(C(=O)O)cc3)C2=O)cc1OC. The van der Waals surface area contributed by atoms with E-state index in [4.69, 9.17) is 26.1 Å². The number of para-hydroxylation sites is 1. The van der Waals surface area contributed by atoms with Crippen LogP contribution in [0.2, 0.25) is 5.02 Å². The molecule has 4 rings (SSSR count). The lowest BCUT2D eigenvalue weighted by molar-refractivity contribution is -0.122. The van der Waals surface area contributed by atoms with Gasteiger partial charge in [0, 0.05) is 0 Å². The predicted octanol–water partition coefficient (Wildman–Crippen LogP) is 7.03. The van der Waals surface area contributed by atoms with Crippen LogP contribution in [0.15, 0.2) is 76.6 Å². The number of methoxy groups -OCH3 is 1. The Morgan fingerprint density at radius 3 is 2.50 bits per heavy atom. The molecular formula is C29H27ClN2O5S. The second kappa shape index (κ2) is 12.2. The van der Waals surface area contributed by atoms with Gasteiger partial charge in [0.25, 0.3) is 5.91 Å². The predicted molar refractivity (Wildman–Crippen MR) is 151 cm³/mol. The van der Waals surface area contributed by atoms with Gasteiger partial charge in [0.05, 0.1) is 40.9 Å². The van der Waals surface area contributed by atoms with Gasteiger partial charge in [0.1, 0.15) is 0 Å². The molecule has 1 aliphatic heterocycles. The van der Waals surface area contributed by atoms with Gasteiger partial charge in [0.2, 0.25) is 0 Å². The fourth-order valence-corrected chi connectivity index (χ4v) is 4.91. The lowest BCUT2D eigenvalue weighted by atomic mass is 10.1. The zero-order valence-corrected chi connectivity index (χ0v) is 22.8. The summed E-state index contributed by atoms with van der Waals surface area (Å²) >= 11 is 7.80. The molecule has 1 fully saturated rings. The highest BCUT2D eigenvalue weighted by Crippen LogP contribution is 2.40. The van der Waals surface area contributed by atoms with Crippen molar-refractivity contribution in [1.29, 1.82) is 0 Å². The van der Waals surface area contributed by atoms with Gasteiger partial charge in [-0.1, -0.05) is 48.9 Å². The summed E-state index contributed by atoms with van der Waals surface area (Å²) in [4.78, 5) is 31.5. The standard InChI is InChI=1S/C29H27ClN2O5S/c1-4-18(2)37-26-23(30)14-20(15-24(26)36-3)16-25-27(33)32(17-19-10-12-21(13-11-19)28(34)35)29(38-25)31-22-8-6-5-7-9-22/h5-16,18H,4,17H2,1-3H3,(H,34,35)/b25-16-,31-29?/t18-/m0/s1. The number of hydrogen-bond donors (Lipinski definition) is 1. The number of halogens is 1. The monoisotopic (exact) mass is 550 g/mol. The molecular weight excluding hydrogens is 524 g/mol. The number of carboxylic acids is 1. The Labute approximate surface area is 230 Å². The van der Waals surface area contributed by atoms with Crippen LogP contribution in [0.1, 0.15) is 41.8 Å². The number of amides is 1. The van der Waals surface area contributed by atoms with Crippen molar-refractivity contribution in [2.24, 2.45) is 4.99 Å². The van der Waals surface area contributed by atoms with E-state index in [0.717, 1.165) is 12.0 Å². The molecule has 7 nitrogen and oxygen atoms in total. The van der Waals surface area contributed by atoms with Gasteiger partial charge in [-0.2, -0.15) is 0 Å². The number of aliphatic imine (C=N–C) groups is 1.